The van der Waals surface area contributed by atoms with Gasteiger partial charge in [-0.25, -0.2) is 4.99 Å². The van der Waals surface area contributed by atoms with Crippen molar-refractivity contribution in [1.82, 2.24) is 30.1 Å². The van der Waals surface area contributed by atoms with Gasteiger partial charge in [-0.05, 0) is 32.1 Å². The predicted octanol–water partition coefficient (Wildman–Crippen LogP) is 0.282. The summed E-state index contributed by atoms with van der Waals surface area (Å²) >= 11 is 0. The van der Waals surface area contributed by atoms with E-state index in [1.165, 1.54) is 15.3 Å². The van der Waals surface area contributed by atoms with E-state index in [9.17, 15) is 24.6 Å². The Kier molecular flexibility index (Phi) is 6.76. The van der Waals surface area contributed by atoms with Crippen molar-refractivity contribution in [2.24, 2.45) is 10.4 Å². The van der Waals surface area contributed by atoms with E-state index in [1.54, 1.807) is 19.9 Å². The van der Waals surface area contributed by atoms with Crippen LogP contribution in [0, 0.1) is 5.41 Å². The molecule has 0 radical (unpaired) electrons. The van der Waals surface area contributed by atoms with Gasteiger partial charge in [-0.2, -0.15) is 4.52 Å². The smallest absolute Gasteiger partial charge is 0.270 e. The molecule has 0 saturated heterocycles. The molecule has 2 aliphatic rings. The third-order valence-corrected chi connectivity index (χ3v) is 5.62. The van der Waals surface area contributed by atoms with Crippen LogP contribution in [0.2, 0.25) is 0 Å². The highest BCUT2D eigenvalue weighted by Crippen LogP contribution is 2.25. The van der Waals surface area contributed by atoms with Crippen molar-refractivity contribution in [1.29, 1.82) is 0 Å². The van der Waals surface area contributed by atoms with Crippen LogP contribution in [0.1, 0.15) is 57.8 Å². The average molecular weight is 515 g/mol. The largest absolute Gasteiger partial charge is 0.492 e. The fourth-order valence-electron chi connectivity index (χ4n) is 3.70. The number of aliphatic imine (C=N–C) groups is 1. The second-order valence-corrected chi connectivity index (χ2v) is 11.3. The number of nitrogens with one attached hydrogen (secondary N) is 4. The number of aromatic nitrogens is 3. The molecule has 6 N–H and O–H groups in total. The molecule has 4 rings (SSSR count). The molecule has 2 amide bonds. The maximum Gasteiger partial charge on any atom is 0.270 e. The zero-order valence-electron chi connectivity index (χ0n) is 21.7. The first kappa shape index (κ1) is 26.2. The molecule has 1 fully saturated rings. The summed E-state index contributed by atoms with van der Waals surface area (Å²) in [5.41, 5.74) is -1.72. The number of anilines is 1. The third kappa shape index (κ3) is 6.28. The molecule has 13 heteroatoms. The minimum Gasteiger partial charge on any atom is -0.492 e. The molecule has 1 saturated carbocycles. The van der Waals surface area contributed by atoms with Gasteiger partial charge in [0.25, 0.3) is 17.4 Å². The lowest BCUT2D eigenvalue weighted by Gasteiger charge is -2.21. The van der Waals surface area contributed by atoms with Gasteiger partial charge >= 0.3 is 0 Å². The van der Waals surface area contributed by atoms with Gasteiger partial charge in [0.1, 0.15) is 17.2 Å². The van der Waals surface area contributed by atoms with Crippen LogP contribution in [0.5, 0.6) is 5.88 Å². The summed E-state index contributed by atoms with van der Waals surface area (Å²) in [5.74, 6) is -0.822. The van der Waals surface area contributed by atoms with E-state index in [2.05, 4.69) is 31.4 Å². The van der Waals surface area contributed by atoms with Crippen LogP contribution in [0.25, 0.3) is 5.65 Å². The number of amidine groups is 1. The molecule has 200 valence electrons. The first-order valence-electron chi connectivity index (χ1n) is 12.2. The number of aromatic hydroxyl groups is 1. The van der Waals surface area contributed by atoms with Crippen LogP contribution in [0.15, 0.2) is 27.8 Å². The lowest BCUT2D eigenvalue weighted by atomic mass is 9.97. The van der Waals surface area contributed by atoms with Gasteiger partial charge < -0.3 is 31.5 Å². The minimum absolute atomic E-state index is 0.0138. The average Bonchev–Trinajstić information content (AvgIpc) is 3.50. The lowest BCUT2D eigenvalue weighted by Crippen LogP contribution is -2.43. The Morgan fingerprint density at radius 2 is 1.89 bits per heavy atom. The van der Waals surface area contributed by atoms with Crippen LogP contribution in [-0.4, -0.2) is 66.8 Å². The molecule has 2 aromatic heterocycles. The number of hydrogen-bond donors (Lipinski definition) is 6. The van der Waals surface area contributed by atoms with E-state index in [4.69, 9.17) is 0 Å². The molecule has 0 spiro atoms. The van der Waals surface area contributed by atoms with Crippen molar-refractivity contribution in [3.8, 4) is 5.88 Å². The molecule has 0 bridgehead atoms. The van der Waals surface area contributed by atoms with E-state index < -0.39 is 28.9 Å². The Hall–Kier alpha value is -3.87. The highest BCUT2D eigenvalue weighted by molar-refractivity contribution is 6.01. The highest BCUT2D eigenvalue weighted by atomic mass is 16.3. The van der Waals surface area contributed by atoms with Crippen LogP contribution in [0.3, 0.4) is 0 Å². The quantitative estimate of drug-likeness (QED) is 0.305. The number of amides is 2. The molecule has 1 aliphatic carbocycles. The first-order chi connectivity index (χ1) is 17.2. The molecule has 3 heterocycles. The Balaban J connectivity index is 1.63. The standard InChI is InChI=1S/C24H34N8O5/c1-23(2,3)12-31-17-8-15(29-16-10-25-14(9-26-16)19(33)27-11-24(4,5)37)30-32(17)22(36)18(21(31)35)20(34)28-13-6-7-13/h8-9,13,25,36-37H,6-7,10-12H2,1-5H3,(H,27,33)(H,28,34)(H,26,29,30). The van der Waals surface area contributed by atoms with Gasteiger partial charge in [-0.1, -0.05) is 20.8 Å². The number of aliphatic hydroxyl groups is 1. The summed E-state index contributed by atoms with van der Waals surface area (Å²) in [7, 11) is 0. The van der Waals surface area contributed by atoms with Gasteiger partial charge in [0, 0.05) is 25.2 Å². The summed E-state index contributed by atoms with van der Waals surface area (Å²) in [6.07, 6.45) is 3.04. The SMILES string of the molecule is CC(C)(C)Cn1c(=O)c(C(=O)NC2CC2)c(O)n2nc(NC3=NC=C(C(=O)NCC(C)(C)O)NC3)cc12. The van der Waals surface area contributed by atoms with Crippen LogP contribution >= 0.6 is 0 Å². The Morgan fingerprint density at radius 1 is 1.19 bits per heavy atom. The third-order valence-electron chi connectivity index (χ3n) is 5.62. The van der Waals surface area contributed by atoms with Crippen molar-refractivity contribution in [2.75, 3.05) is 18.4 Å². The van der Waals surface area contributed by atoms with Crippen molar-refractivity contribution >= 4 is 29.1 Å². The van der Waals surface area contributed by atoms with Crippen LogP contribution in [0.4, 0.5) is 5.82 Å². The van der Waals surface area contributed by atoms with Gasteiger partial charge in [0.05, 0.1) is 18.3 Å². The summed E-state index contributed by atoms with van der Waals surface area (Å²) in [6.45, 7) is 9.63. The van der Waals surface area contributed by atoms with E-state index in [0.29, 0.717) is 23.8 Å². The highest BCUT2D eigenvalue weighted by Gasteiger charge is 2.30. The Labute approximate surface area is 213 Å². The van der Waals surface area contributed by atoms with Crippen molar-refractivity contribution in [3.05, 3.63) is 33.9 Å². The number of carbonyl (C=O) groups excluding carboxylic acids is 2. The molecule has 0 aromatic carbocycles. The topological polar surface area (TPSA) is 174 Å². The number of nitrogens with zero attached hydrogens (tertiary/aromatic N) is 4. The lowest BCUT2D eigenvalue weighted by molar-refractivity contribution is -0.118. The Morgan fingerprint density at radius 3 is 2.46 bits per heavy atom. The molecule has 2 aromatic rings. The van der Waals surface area contributed by atoms with Crippen molar-refractivity contribution in [2.45, 2.75) is 65.6 Å². The summed E-state index contributed by atoms with van der Waals surface area (Å²) in [6, 6.07) is 1.60. The minimum atomic E-state index is -1.04. The fraction of sp³-hybridized carbons (Fsp3) is 0.542. The van der Waals surface area contributed by atoms with E-state index in [0.717, 1.165) is 12.8 Å². The Bertz CT molecular complexity index is 1350. The molecule has 13 nitrogen and oxygen atoms in total. The normalized spacial score (nSPS) is 16.1. The number of rotatable bonds is 7. The number of fused-ring (bicyclic) bond motifs is 1. The summed E-state index contributed by atoms with van der Waals surface area (Å²) in [4.78, 5) is 42.6. The number of carbonyl (C=O) groups is 2. The predicted molar refractivity (Wildman–Crippen MR) is 138 cm³/mol. The monoisotopic (exact) mass is 514 g/mol. The van der Waals surface area contributed by atoms with Crippen LogP contribution < -0.4 is 26.8 Å². The molecule has 0 unspecified atom stereocenters. The van der Waals surface area contributed by atoms with Gasteiger partial charge in [-0.15, -0.1) is 5.10 Å². The van der Waals surface area contributed by atoms with E-state index >= 15 is 0 Å². The van der Waals surface area contributed by atoms with Gasteiger partial charge in [-0.3, -0.25) is 19.0 Å². The fourth-order valence-corrected chi connectivity index (χ4v) is 3.70. The summed E-state index contributed by atoms with van der Waals surface area (Å²) in [5, 5.41) is 36.4. The van der Waals surface area contributed by atoms with Gasteiger partial charge in [0.2, 0.25) is 5.88 Å². The molecular formula is C24H34N8O5. The summed E-state index contributed by atoms with van der Waals surface area (Å²) < 4.78 is 2.60. The molecule has 37 heavy (non-hydrogen) atoms. The second kappa shape index (κ2) is 9.54. The van der Waals surface area contributed by atoms with Gasteiger partial charge in [0.15, 0.2) is 11.4 Å². The molecule has 1 aliphatic heterocycles. The first-order valence-corrected chi connectivity index (χ1v) is 12.2. The van der Waals surface area contributed by atoms with Crippen molar-refractivity contribution in [3.63, 3.8) is 0 Å². The zero-order chi connectivity index (χ0) is 27.1. The maximum absolute atomic E-state index is 13.3. The van der Waals surface area contributed by atoms with Crippen LogP contribution in [-0.2, 0) is 11.3 Å². The maximum atomic E-state index is 13.3. The van der Waals surface area contributed by atoms with E-state index in [1.807, 2.05) is 20.8 Å². The molecule has 0 atom stereocenters. The zero-order valence-corrected chi connectivity index (χ0v) is 21.7. The second-order valence-electron chi connectivity index (χ2n) is 11.3. The molecular weight excluding hydrogens is 480 g/mol. The van der Waals surface area contributed by atoms with E-state index in [-0.39, 0.29) is 35.8 Å². The number of hydrogen-bond acceptors (Lipinski definition) is 9. The van der Waals surface area contributed by atoms with Crippen molar-refractivity contribution < 1.29 is 19.8 Å².